The number of anilines is 2. The van der Waals surface area contributed by atoms with E-state index < -0.39 is 30.0 Å². The zero-order chi connectivity index (χ0) is 42.6. The van der Waals surface area contributed by atoms with Crippen LogP contribution in [0.4, 0.5) is 20.3 Å². The predicted octanol–water partition coefficient (Wildman–Crippen LogP) is 3.12. The van der Waals surface area contributed by atoms with Crippen molar-refractivity contribution in [3.05, 3.63) is 70.2 Å². The highest BCUT2D eigenvalue weighted by atomic mass is 19.3. The number of amides is 3. The first-order chi connectivity index (χ1) is 30.1. The minimum absolute atomic E-state index is 0.00819. The molecule has 8 heterocycles. The van der Waals surface area contributed by atoms with Gasteiger partial charge in [-0.25, -0.2) is 23.1 Å². The maximum atomic E-state index is 14.3. The molecule has 0 spiro atoms. The molecule has 324 valence electrons. The second-order valence-electron chi connectivity index (χ2n) is 17.2. The number of halogens is 2. The van der Waals surface area contributed by atoms with Gasteiger partial charge in [0.2, 0.25) is 11.8 Å². The molecule has 1 saturated carbocycles. The fraction of sp³-hybridized carbons (Fsp3) is 0.512. The van der Waals surface area contributed by atoms with Crippen molar-refractivity contribution < 1.29 is 27.9 Å². The lowest BCUT2D eigenvalue weighted by Crippen LogP contribution is -2.64. The highest BCUT2D eigenvalue weighted by Crippen LogP contribution is 2.37. The molecule has 0 radical (unpaired) electrons. The number of alkyl halides is 2. The quantitative estimate of drug-likeness (QED) is 0.165. The number of aryl methyl sites for hydroxylation is 1. The maximum absolute atomic E-state index is 14.3. The summed E-state index contributed by atoms with van der Waals surface area (Å²) in [6, 6.07) is 7.09. The topological polar surface area (TPSA) is 169 Å². The number of nitrogens with one attached hydrogen (secondary N) is 2. The van der Waals surface area contributed by atoms with Gasteiger partial charge in [0.15, 0.2) is 11.3 Å². The molecule has 4 aliphatic heterocycles. The van der Waals surface area contributed by atoms with E-state index in [1.165, 1.54) is 26.0 Å². The van der Waals surface area contributed by atoms with Gasteiger partial charge in [-0.1, -0.05) is 17.9 Å². The van der Waals surface area contributed by atoms with Crippen LogP contribution in [-0.4, -0.2) is 126 Å². The molecule has 1 aromatic carbocycles. The van der Waals surface area contributed by atoms with Crippen LogP contribution in [0.2, 0.25) is 0 Å². The first-order valence-electron chi connectivity index (χ1n) is 21.5. The van der Waals surface area contributed by atoms with E-state index in [4.69, 9.17) is 9.72 Å². The smallest absolute Gasteiger partial charge is 0.329 e. The van der Waals surface area contributed by atoms with Gasteiger partial charge >= 0.3 is 5.69 Å². The van der Waals surface area contributed by atoms with Crippen molar-refractivity contribution >= 4 is 45.9 Å². The summed E-state index contributed by atoms with van der Waals surface area (Å²) in [7, 11) is 1.68. The average Bonchev–Trinajstić information content (AvgIpc) is 3.96. The van der Waals surface area contributed by atoms with Crippen molar-refractivity contribution in [2.45, 2.75) is 75.5 Å². The highest BCUT2D eigenvalue weighted by Gasteiger charge is 2.43. The Hall–Kier alpha value is -5.97. The zero-order valence-electron chi connectivity index (χ0n) is 34.4. The summed E-state index contributed by atoms with van der Waals surface area (Å²) < 4.78 is 40.3. The van der Waals surface area contributed by atoms with E-state index in [2.05, 4.69) is 47.4 Å². The molecule has 3 unspecified atom stereocenters. The molecule has 62 heavy (non-hydrogen) atoms. The number of piperidine rings is 1. The number of carbonyl (C=O) groups is 3. The van der Waals surface area contributed by atoms with Crippen LogP contribution in [0.25, 0.3) is 16.7 Å². The van der Waals surface area contributed by atoms with E-state index in [9.17, 15) is 28.0 Å². The van der Waals surface area contributed by atoms with Crippen molar-refractivity contribution in [1.29, 1.82) is 0 Å². The molecule has 4 saturated heterocycles. The Balaban J connectivity index is 0.719. The van der Waals surface area contributed by atoms with Crippen LogP contribution in [0.3, 0.4) is 0 Å². The SMILES string of the molecule is Cn1c(=O)n(C2CCC(=O)NC2=O)c2cccc(C#CCN3CCN(CC4CCC(n5cc(NC(=O)c6cnn7ccc(N8C9COCC8C9)nc67)c(C(F)F)n5)CC4)CC3)c21. The molecular weight excluding hydrogens is 803 g/mol. The van der Waals surface area contributed by atoms with Gasteiger partial charge in [0, 0.05) is 58.6 Å². The lowest BCUT2D eigenvalue weighted by Gasteiger charge is -2.53. The third-order valence-corrected chi connectivity index (χ3v) is 13.4. The van der Waals surface area contributed by atoms with E-state index >= 15 is 0 Å². The second kappa shape index (κ2) is 16.4. The maximum Gasteiger partial charge on any atom is 0.329 e. The largest absolute Gasteiger partial charge is 0.377 e. The van der Waals surface area contributed by atoms with E-state index in [1.54, 1.807) is 17.9 Å². The Morgan fingerprint density at radius 2 is 1.77 bits per heavy atom. The van der Waals surface area contributed by atoms with E-state index in [-0.39, 0.29) is 53.8 Å². The van der Waals surface area contributed by atoms with Gasteiger partial charge < -0.3 is 19.9 Å². The number of ether oxygens (including phenoxy) is 1. The molecule has 4 aromatic heterocycles. The number of carbonyl (C=O) groups excluding carboxylic acids is 3. The van der Waals surface area contributed by atoms with Crippen molar-refractivity contribution in [2.24, 2.45) is 13.0 Å². The van der Waals surface area contributed by atoms with E-state index in [0.29, 0.717) is 47.9 Å². The number of hydrogen-bond acceptors (Lipinski definition) is 11. The van der Waals surface area contributed by atoms with Crippen LogP contribution in [0.15, 0.2) is 47.7 Å². The summed E-state index contributed by atoms with van der Waals surface area (Å²) >= 11 is 0. The zero-order valence-corrected chi connectivity index (χ0v) is 34.4. The molecule has 3 atom stereocenters. The lowest BCUT2D eigenvalue weighted by molar-refractivity contribution is -0.135. The molecule has 19 heteroatoms. The van der Waals surface area contributed by atoms with Gasteiger partial charge in [-0.2, -0.15) is 10.2 Å². The number of benzene rings is 1. The van der Waals surface area contributed by atoms with Crippen LogP contribution < -0.4 is 21.2 Å². The molecule has 5 aliphatic rings. The predicted molar refractivity (Wildman–Crippen MR) is 223 cm³/mol. The third kappa shape index (κ3) is 7.43. The number of fused-ring (bicyclic) bond motifs is 4. The van der Waals surface area contributed by atoms with Gasteiger partial charge in [-0.3, -0.25) is 38.4 Å². The fourth-order valence-electron chi connectivity index (χ4n) is 10.0. The normalized spacial score (nSPS) is 24.6. The number of morpholine rings is 1. The van der Waals surface area contributed by atoms with Gasteiger partial charge in [0.1, 0.15) is 17.4 Å². The van der Waals surface area contributed by atoms with Crippen molar-refractivity contribution in [3.8, 4) is 11.8 Å². The summed E-state index contributed by atoms with van der Waals surface area (Å²) in [6.45, 7) is 6.40. The van der Waals surface area contributed by atoms with E-state index in [0.717, 1.165) is 70.6 Å². The minimum atomic E-state index is -2.86. The summed E-state index contributed by atoms with van der Waals surface area (Å²) in [5, 5.41) is 13.6. The number of hydrogen-bond donors (Lipinski definition) is 2. The number of nitrogens with zero attached hydrogens (tertiary/aromatic N) is 10. The van der Waals surface area contributed by atoms with Gasteiger partial charge in [-0.05, 0) is 62.6 Å². The number of aromatic nitrogens is 7. The minimum Gasteiger partial charge on any atom is -0.377 e. The van der Waals surface area contributed by atoms with Crippen molar-refractivity contribution in [1.82, 2.24) is 48.6 Å². The summed E-state index contributed by atoms with van der Waals surface area (Å²) in [6.07, 6.45) is 6.83. The monoisotopic (exact) mass is 850 g/mol. The van der Waals surface area contributed by atoms with Crippen molar-refractivity contribution in [2.75, 3.05) is 62.7 Å². The van der Waals surface area contributed by atoms with Gasteiger partial charge in [0.05, 0.1) is 66.4 Å². The highest BCUT2D eigenvalue weighted by molar-refractivity contribution is 6.08. The third-order valence-electron chi connectivity index (χ3n) is 13.4. The van der Waals surface area contributed by atoms with Gasteiger partial charge in [-0.15, -0.1) is 0 Å². The molecule has 3 amide bonds. The Bertz CT molecular complexity index is 2660. The molecular formula is C43H48F2N12O5. The summed E-state index contributed by atoms with van der Waals surface area (Å²) in [5.41, 5.74) is 1.75. The standard InChI is InChI=1S/C43H48F2N12O5/c1-51-38-27(4-2-6-33(38)57(43(51)61)34-11-12-36(58)49-42(34)60)5-3-14-52-16-18-53(19-17-52)22-26-7-9-28(10-8-26)55-23-32(37(50-55)39(44)45)47-41(59)31-21-46-54-15-13-35(48-40(31)54)56-29-20-30(56)25-62-24-29/h2,4,6,13,15,21,23,26,28-30,34,39H,7-12,14,16-20,22,24-25H2,1H3,(H,47,59)(H,49,58,60). The fourth-order valence-corrected chi connectivity index (χ4v) is 10.0. The average molecular weight is 851 g/mol. The Labute approximate surface area is 355 Å². The number of imidazole rings is 1. The summed E-state index contributed by atoms with van der Waals surface area (Å²) in [5.74, 6) is 6.42. The van der Waals surface area contributed by atoms with Crippen LogP contribution in [0.5, 0.6) is 0 Å². The first kappa shape index (κ1) is 40.1. The van der Waals surface area contributed by atoms with Crippen LogP contribution in [-0.2, 0) is 21.4 Å². The summed E-state index contributed by atoms with van der Waals surface area (Å²) in [4.78, 5) is 62.9. The molecule has 10 rings (SSSR count). The molecule has 1 aliphatic carbocycles. The Morgan fingerprint density at radius 3 is 2.52 bits per heavy atom. The lowest BCUT2D eigenvalue weighted by atomic mass is 9.85. The molecule has 5 fully saturated rings. The molecule has 2 N–H and O–H groups in total. The second-order valence-corrected chi connectivity index (χ2v) is 17.2. The molecule has 5 aromatic rings. The Kier molecular flexibility index (Phi) is 10.6. The Morgan fingerprint density at radius 1 is 1.00 bits per heavy atom. The number of para-hydroxylation sites is 1. The number of imide groups is 1. The van der Waals surface area contributed by atoms with Crippen LogP contribution in [0.1, 0.15) is 85.1 Å². The number of piperazine rings is 1. The van der Waals surface area contributed by atoms with Crippen LogP contribution in [0, 0.1) is 17.8 Å². The molecule has 17 nitrogen and oxygen atoms in total. The van der Waals surface area contributed by atoms with Gasteiger partial charge in [0.25, 0.3) is 12.3 Å². The number of rotatable bonds is 9. The van der Waals surface area contributed by atoms with Crippen molar-refractivity contribution in [3.63, 3.8) is 0 Å². The van der Waals surface area contributed by atoms with Crippen LogP contribution >= 0.6 is 0 Å². The molecule has 2 bridgehead atoms. The first-order valence-corrected chi connectivity index (χ1v) is 21.5. The van der Waals surface area contributed by atoms with E-state index in [1.807, 2.05) is 24.3 Å².